The van der Waals surface area contributed by atoms with Gasteiger partial charge in [-0.15, -0.1) is 0 Å². The largest absolute Gasteiger partial charge is 0.355 e. The Labute approximate surface area is 222 Å². The molecule has 0 aliphatic heterocycles. The summed E-state index contributed by atoms with van der Waals surface area (Å²) in [6, 6.07) is 5.45. The molecule has 11 nitrogen and oxygen atoms in total. The highest BCUT2D eigenvalue weighted by molar-refractivity contribution is 6.34. The molecular weight excluding hydrogens is 543 g/mol. The molecule has 0 amide bonds. The lowest BCUT2D eigenvalue weighted by molar-refractivity contribution is 0.505. The lowest BCUT2D eigenvalue weighted by Gasteiger charge is -2.16. The van der Waals surface area contributed by atoms with E-state index in [1.807, 2.05) is 6.92 Å². The molecule has 0 aliphatic carbocycles. The molecule has 5 aromatic rings. The molecule has 196 valence electrons. The Morgan fingerprint density at radius 3 is 2.42 bits per heavy atom. The first-order chi connectivity index (χ1) is 18.0. The van der Waals surface area contributed by atoms with E-state index >= 15 is 0 Å². The van der Waals surface area contributed by atoms with Crippen LogP contribution in [0.3, 0.4) is 0 Å². The van der Waals surface area contributed by atoms with Gasteiger partial charge in [-0.05, 0) is 36.8 Å². The van der Waals surface area contributed by atoms with Crippen LogP contribution in [-0.4, -0.2) is 38.7 Å². The van der Waals surface area contributed by atoms with Crippen LogP contribution in [0.4, 0.5) is 20.4 Å². The molecule has 1 N–H and O–H groups in total. The molecular formula is C23H19Cl2F2N9O2. The van der Waals surface area contributed by atoms with Crippen molar-refractivity contribution in [2.45, 2.75) is 20.0 Å². The quantitative estimate of drug-likeness (QED) is 0.316. The highest BCUT2D eigenvalue weighted by atomic mass is 35.5. The van der Waals surface area contributed by atoms with E-state index in [2.05, 4.69) is 25.5 Å². The van der Waals surface area contributed by atoms with Crippen LogP contribution in [0.15, 0.2) is 40.2 Å². The zero-order chi connectivity index (χ0) is 27.3. The van der Waals surface area contributed by atoms with Crippen LogP contribution in [0.2, 0.25) is 10.0 Å². The second-order valence-corrected chi connectivity index (χ2v) is 9.38. The van der Waals surface area contributed by atoms with Gasteiger partial charge in [0.1, 0.15) is 6.33 Å². The molecule has 38 heavy (non-hydrogen) atoms. The maximum absolute atomic E-state index is 14.1. The summed E-state index contributed by atoms with van der Waals surface area (Å²) in [6.07, 6.45) is 1.42. The summed E-state index contributed by atoms with van der Waals surface area (Å²) in [5.41, 5.74) is 0.352. The van der Waals surface area contributed by atoms with E-state index in [1.54, 1.807) is 30.9 Å². The number of hydrogen-bond donors (Lipinski definition) is 1. The smallest absolute Gasteiger partial charge is 0.324 e. The molecule has 0 saturated carbocycles. The van der Waals surface area contributed by atoms with Crippen molar-refractivity contribution in [2.24, 2.45) is 14.1 Å². The van der Waals surface area contributed by atoms with Gasteiger partial charge in [0.2, 0.25) is 5.95 Å². The minimum Gasteiger partial charge on any atom is -0.324 e. The van der Waals surface area contributed by atoms with E-state index in [1.165, 1.54) is 17.1 Å². The fraction of sp³-hybridized carbons (Fsp3) is 0.217. The van der Waals surface area contributed by atoms with Gasteiger partial charge in [0.15, 0.2) is 17.5 Å². The fourth-order valence-corrected chi connectivity index (χ4v) is 4.38. The van der Waals surface area contributed by atoms with Crippen molar-refractivity contribution in [3.63, 3.8) is 0 Å². The summed E-state index contributed by atoms with van der Waals surface area (Å²) < 4.78 is 32.9. The molecule has 0 unspecified atom stereocenters. The Bertz CT molecular complexity index is 1820. The molecule has 0 atom stereocenters. The standard InChI is InChI=1S/C23H19Cl2F2N9O2/c1-11-13-6-18(14(24)7-17(13)31-34(11)3)29-21-30-22(37)36(9-19-28-10-33(2)32-19)23(38)35(21)8-12-4-15(25)20(27)16(26)5-12/h4-7,10H,8-9H2,1-3H3,(H,29,30,37). The third-order valence-electron chi connectivity index (χ3n) is 5.95. The summed E-state index contributed by atoms with van der Waals surface area (Å²) >= 11 is 12.3. The van der Waals surface area contributed by atoms with Crippen molar-refractivity contribution in [1.82, 2.24) is 38.7 Å². The average Bonchev–Trinajstić information content (AvgIpc) is 3.39. The van der Waals surface area contributed by atoms with Crippen molar-refractivity contribution in [3.8, 4) is 0 Å². The lowest BCUT2D eigenvalue weighted by atomic mass is 10.2. The Kier molecular flexibility index (Phi) is 6.49. The van der Waals surface area contributed by atoms with Gasteiger partial charge in [-0.3, -0.25) is 13.9 Å². The molecule has 0 bridgehead atoms. The predicted octanol–water partition coefficient (Wildman–Crippen LogP) is 3.15. The zero-order valence-electron chi connectivity index (χ0n) is 20.2. The van der Waals surface area contributed by atoms with E-state index in [0.29, 0.717) is 11.2 Å². The maximum Gasteiger partial charge on any atom is 0.355 e. The van der Waals surface area contributed by atoms with E-state index in [4.69, 9.17) is 23.2 Å². The number of nitrogens with one attached hydrogen (secondary N) is 1. The summed E-state index contributed by atoms with van der Waals surface area (Å²) in [4.78, 5) is 34.6. The Hall–Kier alpha value is -4.10. The van der Waals surface area contributed by atoms with Crippen LogP contribution in [0.1, 0.15) is 17.1 Å². The maximum atomic E-state index is 14.1. The fourth-order valence-electron chi connectivity index (χ4n) is 3.94. The number of aromatic nitrogens is 8. The van der Waals surface area contributed by atoms with Crippen LogP contribution < -0.4 is 16.7 Å². The Morgan fingerprint density at radius 2 is 1.74 bits per heavy atom. The van der Waals surface area contributed by atoms with E-state index < -0.39 is 28.0 Å². The minimum atomic E-state index is -1.21. The second kappa shape index (κ2) is 9.65. The number of anilines is 2. The van der Waals surface area contributed by atoms with Gasteiger partial charge in [-0.25, -0.2) is 27.9 Å². The normalized spacial score (nSPS) is 11.4. The molecule has 0 fully saturated rings. The third kappa shape index (κ3) is 4.65. The van der Waals surface area contributed by atoms with Gasteiger partial charge in [0.05, 0.1) is 34.3 Å². The SMILES string of the molecule is Cc1c2cc(Nc3nc(=O)n(Cc4ncn(C)n4)c(=O)n3Cc3cc(F)c(F)c(Cl)c3)c(Cl)cc2nn1C. The van der Waals surface area contributed by atoms with Crippen molar-refractivity contribution in [3.05, 3.63) is 90.3 Å². The van der Waals surface area contributed by atoms with Crippen molar-refractivity contribution in [2.75, 3.05) is 5.32 Å². The topological polar surface area (TPSA) is 117 Å². The number of fused-ring (bicyclic) bond motifs is 1. The molecule has 15 heteroatoms. The van der Waals surface area contributed by atoms with Gasteiger partial charge < -0.3 is 5.32 Å². The summed E-state index contributed by atoms with van der Waals surface area (Å²) in [7, 11) is 3.43. The van der Waals surface area contributed by atoms with Crippen molar-refractivity contribution < 1.29 is 8.78 Å². The lowest BCUT2D eigenvalue weighted by Crippen LogP contribution is -2.43. The number of nitrogens with zero attached hydrogens (tertiary/aromatic N) is 8. The molecule has 3 aromatic heterocycles. The van der Waals surface area contributed by atoms with Crippen LogP contribution in [0.5, 0.6) is 0 Å². The van der Waals surface area contributed by atoms with Gasteiger partial charge in [0.25, 0.3) is 0 Å². The number of halogens is 4. The molecule has 0 spiro atoms. The molecule has 0 aliphatic rings. The molecule has 0 saturated heterocycles. The summed E-state index contributed by atoms with van der Waals surface area (Å²) in [5, 5.41) is 12.0. The number of hydrogen-bond acceptors (Lipinski definition) is 7. The first-order valence-electron chi connectivity index (χ1n) is 11.1. The zero-order valence-corrected chi connectivity index (χ0v) is 21.7. The van der Waals surface area contributed by atoms with Gasteiger partial charge in [0, 0.05) is 25.2 Å². The average molecular weight is 562 g/mol. The summed E-state index contributed by atoms with van der Waals surface area (Å²) in [5.74, 6) is -2.36. The third-order valence-corrected chi connectivity index (χ3v) is 6.53. The second-order valence-electron chi connectivity index (χ2n) is 8.56. The highest BCUT2D eigenvalue weighted by Crippen LogP contribution is 2.31. The molecule has 3 heterocycles. The van der Waals surface area contributed by atoms with Gasteiger partial charge in [-0.1, -0.05) is 23.2 Å². The number of rotatable bonds is 6. The summed E-state index contributed by atoms with van der Waals surface area (Å²) in [6.45, 7) is 1.32. The Morgan fingerprint density at radius 1 is 0.974 bits per heavy atom. The molecule has 0 radical (unpaired) electrons. The number of aryl methyl sites for hydroxylation is 3. The highest BCUT2D eigenvalue weighted by Gasteiger charge is 2.19. The molecule has 5 rings (SSSR count). The Balaban J connectivity index is 1.65. The van der Waals surface area contributed by atoms with E-state index in [0.717, 1.165) is 26.3 Å². The van der Waals surface area contributed by atoms with Crippen LogP contribution >= 0.6 is 23.2 Å². The van der Waals surface area contributed by atoms with Crippen LogP contribution in [0.25, 0.3) is 10.9 Å². The van der Waals surface area contributed by atoms with Crippen molar-refractivity contribution in [1.29, 1.82) is 0 Å². The first kappa shape index (κ1) is 25.5. The molecule has 2 aromatic carbocycles. The minimum absolute atomic E-state index is 0.159. The van der Waals surface area contributed by atoms with E-state index in [-0.39, 0.29) is 35.4 Å². The van der Waals surface area contributed by atoms with Crippen LogP contribution in [0, 0.1) is 18.6 Å². The van der Waals surface area contributed by atoms with Crippen LogP contribution in [-0.2, 0) is 27.2 Å². The van der Waals surface area contributed by atoms with Crippen molar-refractivity contribution >= 4 is 45.7 Å². The number of benzene rings is 2. The van der Waals surface area contributed by atoms with Gasteiger partial charge >= 0.3 is 11.4 Å². The van der Waals surface area contributed by atoms with Gasteiger partial charge in [-0.2, -0.15) is 15.2 Å². The van der Waals surface area contributed by atoms with E-state index in [9.17, 15) is 18.4 Å². The monoisotopic (exact) mass is 561 g/mol. The predicted molar refractivity (Wildman–Crippen MR) is 137 cm³/mol. The first-order valence-corrected chi connectivity index (χ1v) is 11.9.